The van der Waals surface area contributed by atoms with E-state index in [0.29, 0.717) is 25.0 Å². The summed E-state index contributed by atoms with van der Waals surface area (Å²) in [7, 11) is 0. The zero-order chi connectivity index (χ0) is 12.7. The van der Waals surface area contributed by atoms with E-state index in [1.807, 2.05) is 13.8 Å². The summed E-state index contributed by atoms with van der Waals surface area (Å²) >= 11 is 0. The molecule has 0 aliphatic rings. The molecule has 1 rings (SSSR count). The third-order valence-corrected chi connectivity index (χ3v) is 1.82. The number of aryl methyl sites for hydroxylation is 1. The standard InChI is InChI=1S/C11H17N3O3/c1-4-16-9-6-8(3)13-11(14-9)12-7-10(15)17-5-2/h6H,4-5,7H2,1-3H3,(H,12,13,14). The lowest BCUT2D eigenvalue weighted by Gasteiger charge is -2.07. The summed E-state index contributed by atoms with van der Waals surface area (Å²) in [4.78, 5) is 19.4. The number of hydrogen-bond donors (Lipinski definition) is 1. The molecule has 94 valence electrons. The molecule has 1 heterocycles. The molecule has 0 radical (unpaired) electrons. The maximum Gasteiger partial charge on any atom is 0.325 e. The van der Waals surface area contributed by atoms with E-state index in [9.17, 15) is 4.79 Å². The molecule has 0 spiro atoms. The van der Waals surface area contributed by atoms with E-state index in [1.165, 1.54) is 0 Å². The number of carbonyl (C=O) groups excluding carboxylic acids is 1. The molecule has 6 heteroatoms. The van der Waals surface area contributed by atoms with Gasteiger partial charge in [-0.05, 0) is 20.8 Å². The molecule has 0 unspecified atom stereocenters. The first-order chi connectivity index (χ1) is 8.15. The predicted molar refractivity (Wildman–Crippen MR) is 63.1 cm³/mol. The zero-order valence-corrected chi connectivity index (χ0v) is 10.3. The lowest BCUT2D eigenvalue weighted by atomic mass is 10.4. The van der Waals surface area contributed by atoms with Gasteiger partial charge in [0.25, 0.3) is 0 Å². The summed E-state index contributed by atoms with van der Waals surface area (Å²) in [5.74, 6) is 0.517. The highest BCUT2D eigenvalue weighted by atomic mass is 16.5. The Morgan fingerprint density at radius 2 is 2.12 bits per heavy atom. The van der Waals surface area contributed by atoms with Crippen LogP contribution in [0.25, 0.3) is 0 Å². The van der Waals surface area contributed by atoms with Crippen LogP contribution < -0.4 is 10.1 Å². The van der Waals surface area contributed by atoms with E-state index in [2.05, 4.69) is 15.3 Å². The average Bonchev–Trinajstić information content (AvgIpc) is 2.26. The number of ether oxygens (including phenoxy) is 2. The molecule has 0 bridgehead atoms. The summed E-state index contributed by atoms with van der Waals surface area (Å²) in [5.41, 5.74) is 0.773. The predicted octanol–water partition coefficient (Wildman–Crippen LogP) is 1.16. The van der Waals surface area contributed by atoms with Crippen LogP contribution in [0.1, 0.15) is 19.5 Å². The first kappa shape index (κ1) is 13.2. The number of anilines is 1. The largest absolute Gasteiger partial charge is 0.478 e. The Labute approximate surface area is 100 Å². The molecule has 6 nitrogen and oxygen atoms in total. The van der Waals surface area contributed by atoms with Gasteiger partial charge in [0.1, 0.15) is 6.54 Å². The minimum atomic E-state index is -0.337. The lowest BCUT2D eigenvalue weighted by molar-refractivity contribution is -0.140. The molecular formula is C11H17N3O3. The highest BCUT2D eigenvalue weighted by molar-refractivity contribution is 5.74. The number of nitrogens with one attached hydrogen (secondary N) is 1. The van der Waals surface area contributed by atoms with Gasteiger partial charge in [0.05, 0.1) is 13.2 Å². The maximum atomic E-state index is 11.1. The SMILES string of the molecule is CCOC(=O)CNc1nc(C)cc(OCC)n1. The molecule has 0 aliphatic heterocycles. The van der Waals surface area contributed by atoms with Gasteiger partial charge in [-0.15, -0.1) is 0 Å². The van der Waals surface area contributed by atoms with E-state index in [1.54, 1.807) is 13.0 Å². The van der Waals surface area contributed by atoms with Crippen molar-refractivity contribution in [2.45, 2.75) is 20.8 Å². The van der Waals surface area contributed by atoms with Crippen molar-refractivity contribution in [3.8, 4) is 5.88 Å². The molecule has 0 fully saturated rings. The van der Waals surface area contributed by atoms with Gasteiger partial charge in [0.15, 0.2) is 0 Å². The van der Waals surface area contributed by atoms with E-state index in [-0.39, 0.29) is 12.5 Å². The third kappa shape index (κ3) is 4.67. The molecule has 1 aromatic heterocycles. The lowest BCUT2D eigenvalue weighted by Crippen LogP contribution is -2.18. The van der Waals surface area contributed by atoms with Crippen molar-refractivity contribution < 1.29 is 14.3 Å². The Kier molecular flexibility index (Phi) is 5.19. The van der Waals surface area contributed by atoms with Gasteiger partial charge in [0.2, 0.25) is 11.8 Å². The molecule has 0 amide bonds. The summed E-state index contributed by atoms with van der Waals surface area (Å²) in [6, 6.07) is 1.74. The van der Waals surface area contributed by atoms with Gasteiger partial charge < -0.3 is 14.8 Å². The van der Waals surface area contributed by atoms with Gasteiger partial charge in [-0.3, -0.25) is 4.79 Å². The van der Waals surface area contributed by atoms with Crippen LogP contribution in [0.2, 0.25) is 0 Å². The van der Waals surface area contributed by atoms with Crippen LogP contribution >= 0.6 is 0 Å². The van der Waals surface area contributed by atoms with Crippen LogP contribution in [0.15, 0.2) is 6.07 Å². The molecule has 0 aromatic carbocycles. The number of hydrogen-bond acceptors (Lipinski definition) is 6. The smallest absolute Gasteiger partial charge is 0.325 e. The fourth-order valence-electron chi connectivity index (χ4n) is 1.20. The fraction of sp³-hybridized carbons (Fsp3) is 0.545. The average molecular weight is 239 g/mol. The number of rotatable bonds is 6. The van der Waals surface area contributed by atoms with Crippen LogP contribution in [0, 0.1) is 6.92 Å². The second-order valence-electron chi connectivity index (χ2n) is 3.26. The number of esters is 1. The van der Waals surface area contributed by atoms with Gasteiger partial charge in [-0.1, -0.05) is 0 Å². The van der Waals surface area contributed by atoms with Crippen molar-refractivity contribution in [3.05, 3.63) is 11.8 Å². The van der Waals surface area contributed by atoms with E-state index < -0.39 is 0 Å². The van der Waals surface area contributed by atoms with E-state index >= 15 is 0 Å². The molecule has 0 atom stereocenters. The molecular weight excluding hydrogens is 222 g/mol. The Morgan fingerprint density at radius 1 is 1.35 bits per heavy atom. The summed E-state index contributed by atoms with van der Waals surface area (Å²) in [5, 5.41) is 2.79. The first-order valence-corrected chi connectivity index (χ1v) is 5.53. The summed E-state index contributed by atoms with van der Waals surface area (Å²) < 4.78 is 10.1. The van der Waals surface area contributed by atoms with Gasteiger partial charge >= 0.3 is 5.97 Å². The minimum Gasteiger partial charge on any atom is -0.478 e. The second kappa shape index (κ2) is 6.67. The topological polar surface area (TPSA) is 73.3 Å². The Hall–Kier alpha value is -1.85. The van der Waals surface area contributed by atoms with Crippen LogP contribution in [0.5, 0.6) is 5.88 Å². The van der Waals surface area contributed by atoms with Gasteiger partial charge in [-0.25, -0.2) is 4.98 Å². The quantitative estimate of drug-likeness (QED) is 0.751. The Morgan fingerprint density at radius 3 is 2.76 bits per heavy atom. The van der Waals surface area contributed by atoms with Gasteiger partial charge in [0, 0.05) is 11.8 Å². The van der Waals surface area contributed by atoms with Crippen LogP contribution in [-0.4, -0.2) is 35.7 Å². The Balaban J connectivity index is 2.61. The molecule has 0 saturated carbocycles. The highest BCUT2D eigenvalue weighted by Crippen LogP contribution is 2.11. The Bertz CT molecular complexity index is 382. The number of aromatic nitrogens is 2. The molecule has 1 N–H and O–H groups in total. The molecule has 1 aromatic rings. The maximum absolute atomic E-state index is 11.1. The van der Waals surface area contributed by atoms with Crippen molar-refractivity contribution >= 4 is 11.9 Å². The van der Waals surface area contributed by atoms with E-state index in [0.717, 1.165) is 5.69 Å². The number of nitrogens with zero attached hydrogens (tertiary/aromatic N) is 2. The molecule has 17 heavy (non-hydrogen) atoms. The normalized spacial score (nSPS) is 9.82. The summed E-state index contributed by atoms with van der Waals surface area (Å²) in [6.07, 6.45) is 0. The van der Waals surface area contributed by atoms with Crippen molar-refractivity contribution in [1.29, 1.82) is 0 Å². The highest BCUT2D eigenvalue weighted by Gasteiger charge is 2.05. The van der Waals surface area contributed by atoms with Crippen LogP contribution in [0.4, 0.5) is 5.95 Å². The zero-order valence-electron chi connectivity index (χ0n) is 10.3. The molecule has 0 aliphatic carbocycles. The monoisotopic (exact) mass is 239 g/mol. The fourth-order valence-corrected chi connectivity index (χ4v) is 1.20. The van der Waals surface area contributed by atoms with Crippen molar-refractivity contribution in [3.63, 3.8) is 0 Å². The third-order valence-electron chi connectivity index (χ3n) is 1.82. The molecule has 0 saturated heterocycles. The van der Waals surface area contributed by atoms with Crippen molar-refractivity contribution in [2.75, 3.05) is 25.1 Å². The number of carbonyl (C=O) groups is 1. The minimum absolute atomic E-state index is 0.0445. The van der Waals surface area contributed by atoms with Gasteiger partial charge in [-0.2, -0.15) is 4.98 Å². The van der Waals surface area contributed by atoms with Crippen molar-refractivity contribution in [1.82, 2.24) is 9.97 Å². The second-order valence-corrected chi connectivity index (χ2v) is 3.26. The van der Waals surface area contributed by atoms with Crippen LogP contribution in [0.3, 0.4) is 0 Å². The first-order valence-electron chi connectivity index (χ1n) is 5.53. The van der Waals surface area contributed by atoms with E-state index in [4.69, 9.17) is 9.47 Å². The van der Waals surface area contributed by atoms with Crippen molar-refractivity contribution in [2.24, 2.45) is 0 Å². The van der Waals surface area contributed by atoms with Crippen LogP contribution in [-0.2, 0) is 9.53 Å². The summed E-state index contributed by atoms with van der Waals surface area (Å²) in [6.45, 7) is 6.41.